The van der Waals surface area contributed by atoms with Crippen LogP contribution < -0.4 is 16.0 Å². The molecule has 1 aliphatic rings. The molecule has 0 bridgehead atoms. The van der Waals surface area contributed by atoms with Gasteiger partial charge in [0.2, 0.25) is 23.6 Å². The van der Waals surface area contributed by atoms with Gasteiger partial charge >= 0.3 is 6.09 Å². The molecule has 1 unspecified atom stereocenters. The number of ether oxygens (including phenoxy) is 7. The molecule has 0 aromatic heterocycles. The standard InChI is InChI=1S/C43H68N6O14/c1-6-38(52)47(7-2)16-17-48(8-3)43(56)63-32-34-9-11-35(12-10-34)45-37(51)31-44-42(55)41(33(4)5)46-36(50)15-19-57-21-23-59-25-27-61-29-30-62-28-26-60-24-22-58-20-18-49-39(53)13-14-40(49)54/h9-14,33,41H,6-8,15-32H2,1-5H3,(H,44,55)(H,45,51)(H,46,50). The zero-order chi connectivity index (χ0) is 46.2. The van der Waals surface area contributed by atoms with Crippen LogP contribution in [0.15, 0.2) is 36.4 Å². The second-order valence-electron chi connectivity index (χ2n) is 14.3. The van der Waals surface area contributed by atoms with Gasteiger partial charge in [-0.05, 0) is 37.5 Å². The molecule has 0 radical (unpaired) electrons. The van der Waals surface area contributed by atoms with E-state index in [9.17, 15) is 33.6 Å². The van der Waals surface area contributed by atoms with E-state index in [0.717, 1.165) is 4.90 Å². The Labute approximate surface area is 370 Å². The molecule has 3 N–H and O–H groups in total. The average Bonchev–Trinajstić information content (AvgIpc) is 3.60. The summed E-state index contributed by atoms with van der Waals surface area (Å²) in [5.74, 6) is -2.20. The van der Waals surface area contributed by atoms with Crippen LogP contribution in [0.3, 0.4) is 0 Å². The predicted molar refractivity (Wildman–Crippen MR) is 230 cm³/mol. The number of anilines is 1. The number of nitrogens with one attached hydrogen (secondary N) is 3. The van der Waals surface area contributed by atoms with Gasteiger partial charge in [0.1, 0.15) is 12.6 Å². The highest BCUT2D eigenvalue weighted by Gasteiger charge is 2.25. The molecule has 20 nitrogen and oxygen atoms in total. The van der Waals surface area contributed by atoms with Gasteiger partial charge in [0.15, 0.2) is 0 Å². The first kappa shape index (κ1) is 54.1. The van der Waals surface area contributed by atoms with Crippen LogP contribution in [0.4, 0.5) is 10.5 Å². The molecule has 63 heavy (non-hydrogen) atoms. The van der Waals surface area contributed by atoms with E-state index in [0.29, 0.717) is 103 Å². The molecule has 1 aliphatic heterocycles. The Morgan fingerprint density at radius 2 is 1.14 bits per heavy atom. The van der Waals surface area contributed by atoms with Gasteiger partial charge in [-0.25, -0.2) is 4.79 Å². The topological polar surface area (TPSA) is 230 Å². The zero-order valence-corrected chi connectivity index (χ0v) is 37.5. The first-order chi connectivity index (χ1) is 30.4. The Morgan fingerprint density at radius 1 is 0.651 bits per heavy atom. The first-order valence-corrected chi connectivity index (χ1v) is 21.5. The SMILES string of the molecule is CCC(=O)N(CC)CCN(CC)C(=O)OCc1ccc(NC(=O)CNC(=O)C(NC(=O)CCOCCOCCOCCOCCOCCOCCN2C(=O)C=CC2=O)C(C)C)cc1. The number of nitrogens with zero attached hydrogens (tertiary/aromatic N) is 3. The van der Waals surface area contributed by atoms with E-state index in [1.54, 1.807) is 49.9 Å². The minimum Gasteiger partial charge on any atom is -0.445 e. The molecule has 1 atom stereocenters. The van der Waals surface area contributed by atoms with Gasteiger partial charge in [-0.3, -0.25) is 33.7 Å². The third kappa shape index (κ3) is 23.3. The Bertz CT molecular complexity index is 1560. The molecule has 20 heteroatoms. The third-order valence-electron chi connectivity index (χ3n) is 9.30. The van der Waals surface area contributed by atoms with Gasteiger partial charge in [-0.2, -0.15) is 0 Å². The monoisotopic (exact) mass is 892 g/mol. The number of hydrogen-bond donors (Lipinski definition) is 3. The minimum atomic E-state index is -0.855. The molecule has 0 saturated carbocycles. The van der Waals surface area contributed by atoms with Crippen LogP contribution in [0.25, 0.3) is 0 Å². The van der Waals surface area contributed by atoms with Gasteiger partial charge in [0.05, 0.1) is 92.4 Å². The molecule has 0 spiro atoms. The molecule has 354 valence electrons. The lowest BCUT2D eigenvalue weighted by Gasteiger charge is -2.25. The molecule has 1 heterocycles. The molecule has 2 rings (SSSR count). The van der Waals surface area contributed by atoms with Crippen LogP contribution in [-0.2, 0) is 68.5 Å². The van der Waals surface area contributed by atoms with Gasteiger partial charge in [0.25, 0.3) is 11.8 Å². The van der Waals surface area contributed by atoms with E-state index in [-0.39, 0.29) is 75.5 Å². The van der Waals surface area contributed by atoms with Crippen molar-refractivity contribution >= 4 is 47.2 Å². The lowest BCUT2D eigenvalue weighted by atomic mass is 10.0. The molecular weight excluding hydrogens is 825 g/mol. The maximum Gasteiger partial charge on any atom is 0.410 e. The summed E-state index contributed by atoms with van der Waals surface area (Å²) in [6, 6.07) is 5.89. The van der Waals surface area contributed by atoms with Gasteiger partial charge < -0.3 is 58.9 Å². The normalized spacial score (nSPS) is 12.7. The molecular formula is C43H68N6O14. The quantitative estimate of drug-likeness (QED) is 0.0649. The maximum atomic E-state index is 12.9. The fourth-order valence-corrected chi connectivity index (χ4v) is 5.66. The highest BCUT2D eigenvalue weighted by Crippen LogP contribution is 2.12. The summed E-state index contributed by atoms with van der Waals surface area (Å²) in [6.45, 7) is 14.8. The average molecular weight is 893 g/mol. The van der Waals surface area contributed by atoms with E-state index in [1.165, 1.54) is 17.1 Å². The lowest BCUT2D eigenvalue weighted by Crippen LogP contribution is -2.51. The number of benzene rings is 1. The van der Waals surface area contributed by atoms with Crippen molar-refractivity contribution in [1.29, 1.82) is 0 Å². The number of likely N-dealkylation sites (N-methyl/N-ethyl adjacent to an activating group) is 2. The Morgan fingerprint density at radius 3 is 1.63 bits per heavy atom. The summed E-state index contributed by atoms with van der Waals surface area (Å²) >= 11 is 0. The summed E-state index contributed by atoms with van der Waals surface area (Å²) in [5, 5.41) is 8.00. The molecule has 0 saturated heterocycles. The van der Waals surface area contributed by atoms with Crippen molar-refractivity contribution in [2.45, 2.75) is 60.1 Å². The molecule has 0 fully saturated rings. The van der Waals surface area contributed by atoms with Gasteiger partial charge in [-0.1, -0.05) is 32.9 Å². The van der Waals surface area contributed by atoms with Crippen molar-refractivity contribution in [2.75, 3.05) is 124 Å². The van der Waals surface area contributed by atoms with Crippen molar-refractivity contribution in [3.05, 3.63) is 42.0 Å². The summed E-state index contributed by atoms with van der Waals surface area (Å²) in [7, 11) is 0. The van der Waals surface area contributed by atoms with E-state index in [4.69, 9.17) is 33.2 Å². The molecule has 1 aromatic carbocycles. The van der Waals surface area contributed by atoms with E-state index in [2.05, 4.69) is 16.0 Å². The summed E-state index contributed by atoms with van der Waals surface area (Å²) in [6.07, 6.45) is 2.43. The number of carbonyl (C=O) groups excluding carboxylic acids is 7. The van der Waals surface area contributed by atoms with Crippen molar-refractivity contribution in [3.8, 4) is 0 Å². The van der Waals surface area contributed by atoms with Crippen LogP contribution in [0.2, 0.25) is 0 Å². The molecule has 7 amide bonds. The number of hydrogen-bond acceptors (Lipinski definition) is 14. The van der Waals surface area contributed by atoms with Crippen LogP contribution in [-0.4, -0.2) is 181 Å². The Kier molecular flexibility index (Phi) is 28.1. The van der Waals surface area contributed by atoms with Crippen molar-refractivity contribution in [3.63, 3.8) is 0 Å². The maximum absolute atomic E-state index is 12.9. The second kappa shape index (κ2) is 32.7. The lowest BCUT2D eigenvalue weighted by molar-refractivity contribution is -0.138. The summed E-state index contributed by atoms with van der Waals surface area (Å²) < 4.78 is 38.1. The van der Waals surface area contributed by atoms with Crippen LogP contribution in [0.1, 0.15) is 53.0 Å². The van der Waals surface area contributed by atoms with Gasteiger partial charge in [0, 0.05) is 56.9 Å². The fourth-order valence-electron chi connectivity index (χ4n) is 5.66. The number of carbonyl (C=O) groups is 7. The van der Waals surface area contributed by atoms with Crippen LogP contribution in [0.5, 0.6) is 0 Å². The number of amides is 7. The fraction of sp³-hybridized carbons (Fsp3) is 0.651. The largest absolute Gasteiger partial charge is 0.445 e. The van der Waals surface area contributed by atoms with E-state index < -0.39 is 23.9 Å². The Balaban J connectivity index is 1.47. The molecule has 1 aromatic rings. The third-order valence-corrected chi connectivity index (χ3v) is 9.30. The first-order valence-electron chi connectivity index (χ1n) is 21.5. The number of imide groups is 1. The summed E-state index contributed by atoms with van der Waals surface area (Å²) in [5.41, 5.74) is 1.20. The Hall–Kier alpha value is -4.99. The van der Waals surface area contributed by atoms with Crippen molar-refractivity contribution in [2.24, 2.45) is 5.92 Å². The van der Waals surface area contributed by atoms with Gasteiger partial charge in [-0.15, -0.1) is 0 Å². The second-order valence-corrected chi connectivity index (χ2v) is 14.3. The smallest absolute Gasteiger partial charge is 0.410 e. The van der Waals surface area contributed by atoms with E-state index >= 15 is 0 Å². The van der Waals surface area contributed by atoms with Crippen molar-refractivity contribution < 1.29 is 66.7 Å². The van der Waals surface area contributed by atoms with Crippen LogP contribution >= 0.6 is 0 Å². The summed E-state index contributed by atoms with van der Waals surface area (Å²) in [4.78, 5) is 89.9. The number of rotatable bonds is 35. The zero-order valence-electron chi connectivity index (χ0n) is 37.5. The van der Waals surface area contributed by atoms with Crippen molar-refractivity contribution in [1.82, 2.24) is 25.3 Å². The molecule has 0 aliphatic carbocycles. The van der Waals surface area contributed by atoms with E-state index in [1.807, 2.05) is 13.8 Å². The highest BCUT2D eigenvalue weighted by atomic mass is 16.6. The highest BCUT2D eigenvalue weighted by molar-refractivity contribution is 6.12. The minimum absolute atomic E-state index is 0.0275. The predicted octanol–water partition coefficient (Wildman–Crippen LogP) is 1.51. The van der Waals surface area contributed by atoms with Crippen LogP contribution in [0, 0.1) is 5.92 Å².